The number of hydrogen-bond donors (Lipinski definition) is 2. The fourth-order valence-electron chi connectivity index (χ4n) is 2.58. The van der Waals surface area contributed by atoms with E-state index in [9.17, 15) is 4.79 Å². The number of methoxy groups -OCH3 is 2. The number of amides is 1. The molecule has 5 heteroatoms. The predicted molar refractivity (Wildman–Crippen MR) is 101 cm³/mol. The maximum Gasteiger partial charge on any atom is 0.224 e. The molecule has 2 rings (SSSR count). The molecule has 0 saturated carbocycles. The van der Waals surface area contributed by atoms with Crippen LogP contribution in [0.2, 0.25) is 0 Å². The van der Waals surface area contributed by atoms with E-state index in [1.165, 1.54) is 0 Å². The first kappa shape index (κ1) is 18.6. The fourth-order valence-corrected chi connectivity index (χ4v) is 2.58. The van der Waals surface area contributed by atoms with Crippen LogP contribution < -0.4 is 20.1 Å². The molecule has 134 valence electrons. The first-order valence-corrected chi connectivity index (χ1v) is 8.37. The quantitative estimate of drug-likeness (QED) is 0.751. The molecule has 0 saturated heterocycles. The third-order valence-electron chi connectivity index (χ3n) is 3.71. The van der Waals surface area contributed by atoms with Gasteiger partial charge in [0.15, 0.2) is 11.5 Å². The third-order valence-corrected chi connectivity index (χ3v) is 3.71. The van der Waals surface area contributed by atoms with Crippen LogP contribution >= 0.6 is 0 Å². The van der Waals surface area contributed by atoms with Crippen LogP contribution in [0, 0.1) is 5.92 Å². The molecule has 2 N–H and O–H groups in total. The highest BCUT2D eigenvalue weighted by atomic mass is 16.5. The van der Waals surface area contributed by atoms with Crippen molar-refractivity contribution < 1.29 is 14.3 Å². The summed E-state index contributed by atoms with van der Waals surface area (Å²) in [7, 11) is 3.25. The van der Waals surface area contributed by atoms with E-state index in [2.05, 4.69) is 10.6 Å². The molecular weight excluding hydrogens is 316 g/mol. The van der Waals surface area contributed by atoms with E-state index in [4.69, 9.17) is 9.47 Å². The van der Waals surface area contributed by atoms with Gasteiger partial charge in [0, 0.05) is 29.9 Å². The van der Waals surface area contributed by atoms with Crippen molar-refractivity contribution in [2.45, 2.75) is 26.8 Å². The highest BCUT2D eigenvalue weighted by Gasteiger charge is 2.09. The van der Waals surface area contributed by atoms with Crippen LogP contribution in [-0.4, -0.2) is 20.1 Å². The Morgan fingerprint density at radius 1 is 1.04 bits per heavy atom. The Balaban J connectivity index is 2.04. The van der Waals surface area contributed by atoms with Gasteiger partial charge < -0.3 is 20.1 Å². The van der Waals surface area contributed by atoms with Crippen LogP contribution in [0.4, 0.5) is 11.4 Å². The summed E-state index contributed by atoms with van der Waals surface area (Å²) in [5.74, 6) is 1.79. The van der Waals surface area contributed by atoms with Gasteiger partial charge in [-0.1, -0.05) is 32.0 Å². The van der Waals surface area contributed by atoms with E-state index in [1.807, 2.05) is 56.3 Å². The number of ether oxygens (including phenoxy) is 2. The van der Waals surface area contributed by atoms with Crippen molar-refractivity contribution >= 4 is 17.3 Å². The summed E-state index contributed by atoms with van der Waals surface area (Å²) in [4.78, 5) is 11.9. The maximum absolute atomic E-state index is 11.9. The van der Waals surface area contributed by atoms with Crippen molar-refractivity contribution in [3.05, 3.63) is 48.0 Å². The number of nitrogens with one attached hydrogen (secondary N) is 2. The second kappa shape index (κ2) is 8.97. The van der Waals surface area contributed by atoms with Crippen LogP contribution in [0.1, 0.15) is 25.8 Å². The van der Waals surface area contributed by atoms with Crippen molar-refractivity contribution in [2.24, 2.45) is 5.92 Å². The smallest absolute Gasteiger partial charge is 0.224 e. The average Bonchev–Trinajstić information content (AvgIpc) is 2.59. The summed E-state index contributed by atoms with van der Waals surface area (Å²) >= 11 is 0. The Morgan fingerprint density at radius 2 is 1.76 bits per heavy atom. The highest BCUT2D eigenvalue weighted by Crippen LogP contribution is 2.31. The van der Waals surface area contributed by atoms with Crippen molar-refractivity contribution in [2.75, 3.05) is 24.9 Å². The summed E-state index contributed by atoms with van der Waals surface area (Å²) in [6.45, 7) is 4.64. The van der Waals surface area contributed by atoms with Gasteiger partial charge in [0.05, 0.1) is 14.2 Å². The zero-order valence-electron chi connectivity index (χ0n) is 15.3. The molecule has 0 aliphatic rings. The molecule has 0 radical (unpaired) electrons. The van der Waals surface area contributed by atoms with Crippen LogP contribution in [-0.2, 0) is 11.3 Å². The maximum atomic E-state index is 11.9. The molecule has 0 heterocycles. The van der Waals surface area contributed by atoms with Gasteiger partial charge in [0.2, 0.25) is 5.91 Å². The molecule has 0 aliphatic carbocycles. The Bertz CT molecular complexity index is 714. The number of para-hydroxylation sites is 1. The second-order valence-electron chi connectivity index (χ2n) is 6.23. The lowest BCUT2D eigenvalue weighted by atomic mass is 10.1. The SMILES string of the molecule is COc1cccc(CNc2cccc(NC(=O)CC(C)C)c2)c1OC. The van der Waals surface area contributed by atoms with Gasteiger partial charge >= 0.3 is 0 Å². The largest absolute Gasteiger partial charge is 0.493 e. The van der Waals surface area contributed by atoms with Gasteiger partial charge in [-0.2, -0.15) is 0 Å². The molecule has 0 atom stereocenters. The van der Waals surface area contributed by atoms with Crippen LogP contribution in [0.15, 0.2) is 42.5 Å². The second-order valence-corrected chi connectivity index (χ2v) is 6.23. The van der Waals surface area contributed by atoms with Crippen molar-refractivity contribution in [1.29, 1.82) is 0 Å². The number of anilines is 2. The molecule has 0 aliphatic heterocycles. The molecule has 0 fully saturated rings. The van der Waals surface area contributed by atoms with E-state index < -0.39 is 0 Å². The number of carbonyl (C=O) groups is 1. The lowest BCUT2D eigenvalue weighted by molar-refractivity contribution is -0.116. The van der Waals surface area contributed by atoms with Gasteiger partial charge in [-0.25, -0.2) is 0 Å². The minimum Gasteiger partial charge on any atom is -0.493 e. The first-order valence-electron chi connectivity index (χ1n) is 8.37. The molecule has 1 amide bonds. The van der Waals surface area contributed by atoms with Gasteiger partial charge in [-0.3, -0.25) is 4.79 Å². The Hall–Kier alpha value is -2.69. The minimum atomic E-state index is 0.0293. The van der Waals surface area contributed by atoms with E-state index in [-0.39, 0.29) is 5.91 Å². The van der Waals surface area contributed by atoms with Crippen LogP contribution in [0.25, 0.3) is 0 Å². The monoisotopic (exact) mass is 342 g/mol. The fraction of sp³-hybridized carbons (Fsp3) is 0.350. The van der Waals surface area contributed by atoms with Crippen LogP contribution in [0.5, 0.6) is 11.5 Å². The highest BCUT2D eigenvalue weighted by molar-refractivity contribution is 5.91. The van der Waals surface area contributed by atoms with Crippen molar-refractivity contribution in [3.8, 4) is 11.5 Å². The normalized spacial score (nSPS) is 10.4. The predicted octanol–water partition coefficient (Wildman–Crippen LogP) is 4.30. The molecule has 0 bridgehead atoms. The van der Waals surface area contributed by atoms with Gasteiger partial charge in [-0.15, -0.1) is 0 Å². The standard InChI is InChI=1S/C20H26N2O3/c1-14(2)11-19(23)22-17-9-6-8-16(12-17)21-13-15-7-5-10-18(24-3)20(15)25-4/h5-10,12,14,21H,11,13H2,1-4H3,(H,22,23). The summed E-state index contributed by atoms with van der Waals surface area (Å²) in [6.07, 6.45) is 0.513. The molecule has 0 spiro atoms. The van der Waals surface area contributed by atoms with E-state index in [0.717, 1.165) is 22.7 Å². The zero-order valence-corrected chi connectivity index (χ0v) is 15.3. The van der Waals surface area contributed by atoms with Gasteiger partial charge in [-0.05, 0) is 30.2 Å². The van der Waals surface area contributed by atoms with E-state index in [1.54, 1.807) is 14.2 Å². The average molecular weight is 342 g/mol. The molecular formula is C20H26N2O3. The molecule has 2 aromatic rings. The molecule has 0 unspecified atom stereocenters. The molecule has 0 aromatic heterocycles. The van der Waals surface area contributed by atoms with Crippen molar-refractivity contribution in [3.63, 3.8) is 0 Å². The Labute approximate surface area is 149 Å². The minimum absolute atomic E-state index is 0.0293. The van der Waals surface area contributed by atoms with Gasteiger partial charge in [0.1, 0.15) is 0 Å². The zero-order chi connectivity index (χ0) is 18.2. The Morgan fingerprint density at radius 3 is 2.44 bits per heavy atom. The van der Waals surface area contributed by atoms with Crippen LogP contribution in [0.3, 0.4) is 0 Å². The summed E-state index contributed by atoms with van der Waals surface area (Å²) in [5, 5.41) is 6.28. The summed E-state index contributed by atoms with van der Waals surface area (Å²) < 4.78 is 10.8. The number of benzene rings is 2. The Kier molecular flexibility index (Phi) is 6.69. The molecule has 5 nitrogen and oxygen atoms in total. The van der Waals surface area contributed by atoms with Crippen molar-refractivity contribution in [1.82, 2.24) is 0 Å². The first-order chi connectivity index (χ1) is 12.0. The third kappa shape index (κ3) is 5.41. The van der Waals surface area contributed by atoms with Gasteiger partial charge in [0.25, 0.3) is 0 Å². The number of carbonyl (C=O) groups excluding carboxylic acids is 1. The molecule has 2 aromatic carbocycles. The summed E-state index contributed by atoms with van der Waals surface area (Å²) in [5.41, 5.74) is 2.71. The number of rotatable bonds is 8. The number of hydrogen-bond acceptors (Lipinski definition) is 4. The lowest BCUT2D eigenvalue weighted by Gasteiger charge is -2.14. The topological polar surface area (TPSA) is 59.6 Å². The molecule has 25 heavy (non-hydrogen) atoms. The summed E-state index contributed by atoms with van der Waals surface area (Å²) in [6, 6.07) is 13.5. The van der Waals surface area contributed by atoms with E-state index in [0.29, 0.717) is 24.6 Å². The van der Waals surface area contributed by atoms with E-state index >= 15 is 0 Å². The lowest BCUT2D eigenvalue weighted by Crippen LogP contribution is -2.14.